The van der Waals surface area contributed by atoms with Crippen LogP contribution in [0.25, 0.3) is 0 Å². The molecular formula is C9H14N2O3. The lowest BCUT2D eigenvalue weighted by Gasteiger charge is -2.14. The summed E-state index contributed by atoms with van der Waals surface area (Å²) in [5.74, 6) is -0.242. The van der Waals surface area contributed by atoms with E-state index < -0.39 is 6.10 Å². The molecule has 0 radical (unpaired) electrons. The second-order valence-corrected chi connectivity index (χ2v) is 3.19. The Morgan fingerprint density at radius 3 is 3.00 bits per heavy atom. The molecule has 1 saturated heterocycles. The molecule has 1 aliphatic heterocycles. The molecule has 1 fully saturated rings. The number of nitriles is 1. The largest absolute Gasteiger partial charge is 0.388 e. The number of aliphatic hydroxyl groups excluding tert-OH is 1. The van der Waals surface area contributed by atoms with Crippen molar-refractivity contribution < 1.29 is 14.6 Å². The molecular weight excluding hydrogens is 184 g/mol. The molecule has 14 heavy (non-hydrogen) atoms. The Morgan fingerprint density at radius 1 is 1.71 bits per heavy atom. The number of rotatable bonds is 3. The quantitative estimate of drug-likeness (QED) is 0.664. The van der Waals surface area contributed by atoms with Gasteiger partial charge in [0.2, 0.25) is 5.91 Å². The Balaban J connectivity index is 2.46. The smallest absolute Gasteiger partial charge is 0.236 e. The molecule has 1 amide bonds. The molecule has 0 aromatic carbocycles. The monoisotopic (exact) mass is 198 g/mol. The zero-order valence-electron chi connectivity index (χ0n) is 8.14. The lowest BCUT2D eigenvalue weighted by Crippen LogP contribution is -2.29. The number of amides is 1. The summed E-state index contributed by atoms with van der Waals surface area (Å²) in [4.78, 5) is 12.7. The van der Waals surface area contributed by atoms with E-state index in [1.807, 2.05) is 6.92 Å². The maximum atomic E-state index is 11.3. The van der Waals surface area contributed by atoms with Gasteiger partial charge in [-0.05, 0) is 6.92 Å². The number of β-amino-alcohol motifs (C(OH)–C–C–N with tert-alkyl or cyclic N) is 1. The van der Waals surface area contributed by atoms with Crippen molar-refractivity contribution in [3.8, 4) is 6.07 Å². The summed E-state index contributed by atoms with van der Waals surface area (Å²) in [6.45, 7) is 3.01. The minimum atomic E-state index is -0.627. The summed E-state index contributed by atoms with van der Waals surface area (Å²) < 4.78 is 5.25. The van der Waals surface area contributed by atoms with Gasteiger partial charge < -0.3 is 14.7 Å². The van der Waals surface area contributed by atoms with Crippen LogP contribution in [0.2, 0.25) is 0 Å². The maximum absolute atomic E-state index is 11.3. The number of nitrogens with zero attached hydrogens (tertiary/aromatic N) is 2. The highest BCUT2D eigenvalue weighted by atomic mass is 16.5. The van der Waals surface area contributed by atoms with E-state index in [-0.39, 0.29) is 25.0 Å². The van der Waals surface area contributed by atoms with Gasteiger partial charge in [0.25, 0.3) is 0 Å². The van der Waals surface area contributed by atoms with Crippen molar-refractivity contribution in [2.45, 2.75) is 25.6 Å². The predicted molar refractivity (Wildman–Crippen MR) is 48.2 cm³/mol. The fourth-order valence-electron chi connectivity index (χ4n) is 1.52. The van der Waals surface area contributed by atoms with Crippen molar-refractivity contribution in [3.05, 3.63) is 0 Å². The van der Waals surface area contributed by atoms with Gasteiger partial charge in [-0.3, -0.25) is 4.79 Å². The molecule has 2 atom stereocenters. The highest BCUT2D eigenvalue weighted by Gasteiger charge is 2.33. The van der Waals surface area contributed by atoms with E-state index >= 15 is 0 Å². The van der Waals surface area contributed by atoms with E-state index in [2.05, 4.69) is 0 Å². The van der Waals surface area contributed by atoms with Gasteiger partial charge in [0.1, 0.15) is 12.5 Å². The van der Waals surface area contributed by atoms with Crippen LogP contribution in [-0.2, 0) is 9.53 Å². The fourth-order valence-corrected chi connectivity index (χ4v) is 1.52. The molecule has 0 aliphatic carbocycles. The van der Waals surface area contributed by atoms with Crippen molar-refractivity contribution >= 4 is 5.91 Å². The number of carbonyl (C=O) groups is 1. The molecule has 0 aromatic rings. The van der Waals surface area contributed by atoms with Crippen LogP contribution in [0.3, 0.4) is 0 Å². The third-order valence-electron chi connectivity index (χ3n) is 2.20. The summed E-state index contributed by atoms with van der Waals surface area (Å²) >= 11 is 0. The molecule has 0 saturated carbocycles. The van der Waals surface area contributed by atoms with Crippen molar-refractivity contribution in [2.75, 3.05) is 19.7 Å². The van der Waals surface area contributed by atoms with E-state index in [0.717, 1.165) is 0 Å². The van der Waals surface area contributed by atoms with Crippen LogP contribution in [0.4, 0.5) is 0 Å². The molecule has 1 N–H and O–H groups in total. The summed E-state index contributed by atoms with van der Waals surface area (Å²) in [7, 11) is 0. The highest BCUT2D eigenvalue weighted by Crippen LogP contribution is 2.14. The summed E-state index contributed by atoms with van der Waals surface area (Å²) in [6.07, 6.45) is -1.06. The third kappa shape index (κ3) is 2.44. The van der Waals surface area contributed by atoms with Gasteiger partial charge in [0.05, 0.1) is 12.2 Å². The van der Waals surface area contributed by atoms with E-state index in [1.165, 1.54) is 4.90 Å². The number of aliphatic hydroxyl groups is 1. The van der Waals surface area contributed by atoms with Crippen LogP contribution in [0.15, 0.2) is 0 Å². The lowest BCUT2D eigenvalue weighted by molar-refractivity contribution is -0.129. The highest BCUT2D eigenvalue weighted by molar-refractivity contribution is 5.78. The minimum absolute atomic E-state index is 0.133. The molecule has 0 aromatic heterocycles. The molecule has 1 heterocycles. The topological polar surface area (TPSA) is 73.6 Å². The Hall–Kier alpha value is -1.12. The molecule has 0 bridgehead atoms. The second kappa shape index (κ2) is 4.94. The first-order valence-electron chi connectivity index (χ1n) is 4.63. The van der Waals surface area contributed by atoms with E-state index in [0.29, 0.717) is 13.2 Å². The summed E-state index contributed by atoms with van der Waals surface area (Å²) in [5, 5.41) is 17.8. The normalized spacial score (nSPS) is 26.2. The van der Waals surface area contributed by atoms with Gasteiger partial charge in [-0.25, -0.2) is 0 Å². The zero-order chi connectivity index (χ0) is 10.6. The summed E-state index contributed by atoms with van der Waals surface area (Å²) in [5.41, 5.74) is 0. The Labute approximate surface area is 82.9 Å². The van der Waals surface area contributed by atoms with Crippen LogP contribution >= 0.6 is 0 Å². The standard InChI is InChI=1S/C9H14N2O3/c1-2-14-8-6-11(5-7(8)12)9(13)3-4-10/h7-8,12H,2-3,5-6H2,1H3. The van der Waals surface area contributed by atoms with Gasteiger partial charge in [-0.1, -0.05) is 0 Å². The van der Waals surface area contributed by atoms with Crippen molar-refractivity contribution in [2.24, 2.45) is 0 Å². The fraction of sp³-hybridized carbons (Fsp3) is 0.778. The van der Waals surface area contributed by atoms with Gasteiger partial charge in [-0.2, -0.15) is 5.26 Å². The Bertz CT molecular complexity index is 249. The first-order chi connectivity index (χ1) is 6.69. The molecule has 1 aliphatic rings. The zero-order valence-corrected chi connectivity index (χ0v) is 8.14. The number of carbonyl (C=O) groups excluding carboxylic acids is 1. The number of hydrogen-bond acceptors (Lipinski definition) is 4. The number of ether oxygens (including phenoxy) is 1. The van der Waals surface area contributed by atoms with Crippen LogP contribution < -0.4 is 0 Å². The SMILES string of the molecule is CCOC1CN(C(=O)CC#N)CC1O. The van der Waals surface area contributed by atoms with Gasteiger partial charge in [0.15, 0.2) is 0 Å². The van der Waals surface area contributed by atoms with Gasteiger partial charge in [0, 0.05) is 19.7 Å². The third-order valence-corrected chi connectivity index (χ3v) is 2.20. The van der Waals surface area contributed by atoms with Crippen LogP contribution in [0, 0.1) is 11.3 Å². The molecule has 2 unspecified atom stereocenters. The van der Waals surface area contributed by atoms with E-state index in [9.17, 15) is 9.90 Å². The van der Waals surface area contributed by atoms with Crippen molar-refractivity contribution in [1.29, 1.82) is 5.26 Å². The summed E-state index contributed by atoms with van der Waals surface area (Å²) in [6, 6.07) is 1.79. The van der Waals surface area contributed by atoms with Crippen LogP contribution in [0.5, 0.6) is 0 Å². The van der Waals surface area contributed by atoms with Crippen LogP contribution in [-0.4, -0.2) is 47.8 Å². The first kappa shape index (κ1) is 11.0. The van der Waals surface area contributed by atoms with Gasteiger partial charge in [-0.15, -0.1) is 0 Å². The molecule has 5 heteroatoms. The van der Waals surface area contributed by atoms with E-state index in [4.69, 9.17) is 10.00 Å². The molecule has 78 valence electrons. The van der Waals surface area contributed by atoms with Crippen LogP contribution in [0.1, 0.15) is 13.3 Å². The van der Waals surface area contributed by atoms with Crippen molar-refractivity contribution in [3.63, 3.8) is 0 Å². The number of likely N-dealkylation sites (tertiary alicyclic amines) is 1. The number of hydrogen-bond donors (Lipinski definition) is 1. The molecule has 1 rings (SSSR count). The lowest BCUT2D eigenvalue weighted by atomic mass is 10.3. The maximum Gasteiger partial charge on any atom is 0.236 e. The molecule has 0 spiro atoms. The van der Waals surface area contributed by atoms with Gasteiger partial charge >= 0.3 is 0 Å². The Morgan fingerprint density at radius 2 is 2.43 bits per heavy atom. The molecule has 5 nitrogen and oxygen atoms in total. The average Bonchev–Trinajstić information content (AvgIpc) is 2.49. The Kier molecular flexibility index (Phi) is 3.86. The van der Waals surface area contributed by atoms with E-state index in [1.54, 1.807) is 6.07 Å². The average molecular weight is 198 g/mol. The first-order valence-corrected chi connectivity index (χ1v) is 4.63. The predicted octanol–water partition coefficient (Wildman–Crippen LogP) is -0.492. The minimum Gasteiger partial charge on any atom is -0.388 e. The second-order valence-electron chi connectivity index (χ2n) is 3.19. The van der Waals surface area contributed by atoms with Crippen molar-refractivity contribution in [1.82, 2.24) is 4.90 Å².